The molecule has 2 atom stereocenters. The van der Waals surface area contributed by atoms with E-state index in [2.05, 4.69) is 109 Å². The Hall–Kier alpha value is -3.54. The summed E-state index contributed by atoms with van der Waals surface area (Å²) in [5.41, 5.74) is 7.11. The summed E-state index contributed by atoms with van der Waals surface area (Å²) in [6.07, 6.45) is 6.84. The summed E-state index contributed by atoms with van der Waals surface area (Å²) in [7, 11) is 0. The van der Waals surface area contributed by atoms with Crippen LogP contribution in [0, 0.1) is 0 Å². The molecular formula is C36H36O4. The van der Waals surface area contributed by atoms with Crippen molar-refractivity contribution in [3.05, 3.63) is 132 Å². The molecule has 0 radical (unpaired) electrons. The van der Waals surface area contributed by atoms with Crippen LogP contribution in [0.3, 0.4) is 0 Å². The molecule has 1 spiro atoms. The van der Waals surface area contributed by atoms with Crippen molar-refractivity contribution in [2.75, 3.05) is 13.2 Å². The lowest BCUT2D eigenvalue weighted by molar-refractivity contribution is -0.153. The van der Waals surface area contributed by atoms with E-state index in [0.717, 1.165) is 30.4 Å². The molecule has 0 N–H and O–H groups in total. The normalized spacial score (nSPS) is 19.7. The maximum Gasteiger partial charge on any atom is 0.188 e. The second kappa shape index (κ2) is 12.8. The van der Waals surface area contributed by atoms with Gasteiger partial charge in [0.15, 0.2) is 5.79 Å². The zero-order valence-electron chi connectivity index (χ0n) is 22.8. The van der Waals surface area contributed by atoms with Crippen molar-refractivity contribution in [1.82, 2.24) is 0 Å². The van der Waals surface area contributed by atoms with Gasteiger partial charge in [0.25, 0.3) is 0 Å². The van der Waals surface area contributed by atoms with E-state index in [-0.39, 0.29) is 12.2 Å². The Morgan fingerprint density at radius 1 is 0.575 bits per heavy atom. The van der Waals surface area contributed by atoms with Crippen molar-refractivity contribution in [2.45, 2.75) is 50.5 Å². The van der Waals surface area contributed by atoms with Crippen molar-refractivity contribution in [3.63, 3.8) is 0 Å². The van der Waals surface area contributed by atoms with Crippen molar-refractivity contribution in [2.24, 2.45) is 0 Å². The van der Waals surface area contributed by atoms with Gasteiger partial charge in [-0.3, -0.25) is 0 Å². The summed E-state index contributed by atoms with van der Waals surface area (Å²) < 4.78 is 25.2. The van der Waals surface area contributed by atoms with Gasteiger partial charge in [-0.2, -0.15) is 0 Å². The van der Waals surface area contributed by atoms with Crippen LogP contribution in [-0.4, -0.2) is 31.2 Å². The van der Waals surface area contributed by atoms with E-state index in [1.165, 1.54) is 22.3 Å². The molecule has 4 aromatic rings. The van der Waals surface area contributed by atoms with Gasteiger partial charge in [-0.25, -0.2) is 0 Å². The van der Waals surface area contributed by atoms with Gasteiger partial charge in [0.1, 0.15) is 12.2 Å². The van der Waals surface area contributed by atoms with Gasteiger partial charge in [0.05, 0.1) is 26.4 Å². The van der Waals surface area contributed by atoms with Gasteiger partial charge in [0.2, 0.25) is 0 Å². The number of rotatable bonds is 10. The van der Waals surface area contributed by atoms with Crippen LogP contribution in [0.4, 0.5) is 0 Å². The number of hydrogen-bond acceptors (Lipinski definition) is 4. The van der Waals surface area contributed by atoms with E-state index in [1.54, 1.807) is 0 Å². The Bertz CT molecular complexity index is 1270. The van der Waals surface area contributed by atoms with Crippen LogP contribution >= 0.6 is 0 Å². The Labute approximate surface area is 237 Å². The van der Waals surface area contributed by atoms with Gasteiger partial charge in [-0.15, -0.1) is 0 Å². The maximum atomic E-state index is 6.47. The Morgan fingerprint density at radius 3 is 1.45 bits per heavy atom. The molecule has 0 unspecified atom stereocenters. The number of benzene rings is 4. The highest BCUT2D eigenvalue weighted by atomic mass is 16.8. The largest absolute Gasteiger partial charge is 0.374 e. The molecule has 1 saturated heterocycles. The minimum absolute atomic E-state index is 0.188. The van der Waals surface area contributed by atoms with Crippen LogP contribution in [-0.2, 0) is 32.2 Å². The van der Waals surface area contributed by atoms with Crippen LogP contribution in [0.25, 0.3) is 22.3 Å². The average Bonchev–Trinajstić information content (AvgIpc) is 3.35. The van der Waals surface area contributed by atoms with Gasteiger partial charge in [0, 0.05) is 6.42 Å². The first kappa shape index (κ1) is 26.7. The molecule has 0 bridgehead atoms. The monoisotopic (exact) mass is 532 g/mol. The van der Waals surface area contributed by atoms with Crippen LogP contribution in [0.5, 0.6) is 0 Å². The van der Waals surface area contributed by atoms with Gasteiger partial charge < -0.3 is 18.9 Å². The molecule has 40 heavy (non-hydrogen) atoms. The van der Waals surface area contributed by atoms with E-state index < -0.39 is 5.79 Å². The molecule has 4 heteroatoms. The molecule has 1 aliphatic heterocycles. The highest BCUT2D eigenvalue weighted by molar-refractivity contribution is 5.64. The van der Waals surface area contributed by atoms with Crippen LogP contribution in [0.1, 0.15) is 30.4 Å². The van der Waals surface area contributed by atoms with E-state index in [1.807, 2.05) is 12.1 Å². The smallest absolute Gasteiger partial charge is 0.188 e. The molecule has 204 valence electrons. The summed E-state index contributed by atoms with van der Waals surface area (Å²) in [4.78, 5) is 0. The second-order valence-corrected chi connectivity index (χ2v) is 10.6. The summed E-state index contributed by atoms with van der Waals surface area (Å²) in [5, 5.41) is 0. The van der Waals surface area contributed by atoms with Gasteiger partial charge in [-0.05, 0) is 52.3 Å². The van der Waals surface area contributed by atoms with Crippen molar-refractivity contribution in [3.8, 4) is 22.3 Å². The summed E-state index contributed by atoms with van der Waals surface area (Å²) in [5.74, 6) is -0.658. The predicted octanol–water partition coefficient (Wildman–Crippen LogP) is 7.97. The molecule has 0 aromatic heterocycles. The number of allylic oxidation sites excluding steroid dienone is 1. The molecule has 4 aromatic carbocycles. The quantitative estimate of drug-likeness (QED) is 0.194. The molecule has 1 aliphatic carbocycles. The summed E-state index contributed by atoms with van der Waals surface area (Å²) >= 11 is 0. The standard InChI is InChI=1S/C36H36O4/c1-4-10-30(11-5-1)32-18-14-28(15-19-32)24-37-26-34-35(40-36(39-34)22-8-3-9-23-36)27-38-25-29-16-20-33(21-17-29)31-12-6-2-7-13-31/h1-2,4-8,10-22,34-35H,3,9,23-27H2/t34-,35-/m0/s1. The van der Waals surface area contributed by atoms with E-state index in [4.69, 9.17) is 18.9 Å². The molecule has 1 heterocycles. The fourth-order valence-electron chi connectivity index (χ4n) is 5.42. The highest BCUT2D eigenvalue weighted by Gasteiger charge is 2.46. The zero-order valence-corrected chi connectivity index (χ0v) is 22.8. The minimum atomic E-state index is -0.658. The fourth-order valence-corrected chi connectivity index (χ4v) is 5.42. The van der Waals surface area contributed by atoms with Crippen molar-refractivity contribution >= 4 is 0 Å². The third kappa shape index (κ3) is 6.60. The lowest BCUT2D eigenvalue weighted by Gasteiger charge is -2.27. The van der Waals surface area contributed by atoms with Crippen LogP contribution < -0.4 is 0 Å². The molecule has 0 amide bonds. The first-order valence-corrected chi connectivity index (χ1v) is 14.2. The van der Waals surface area contributed by atoms with E-state index >= 15 is 0 Å². The number of hydrogen-bond donors (Lipinski definition) is 0. The third-order valence-electron chi connectivity index (χ3n) is 7.61. The zero-order chi connectivity index (χ0) is 27.0. The second-order valence-electron chi connectivity index (χ2n) is 10.6. The lowest BCUT2D eigenvalue weighted by Crippen LogP contribution is -2.31. The van der Waals surface area contributed by atoms with Gasteiger partial charge >= 0.3 is 0 Å². The average molecular weight is 533 g/mol. The first-order chi connectivity index (χ1) is 19.8. The van der Waals surface area contributed by atoms with Crippen molar-refractivity contribution < 1.29 is 18.9 Å². The van der Waals surface area contributed by atoms with Crippen molar-refractivity contribution in [1.29, 1.82) is 0 Å². The molecule has 2 aliphatic rings. The molecule has 6 rings (SSSR count). The summed E-state index contributed by atoms with van der Waals surface area (Å²) in [6.45, 7) is 1.96. The minimum Gasteiger partial charge on any atom is -0.374 e. The van der Waals surface area contributed by atoms with Gasteiger partial charge in [-0.1, -0.05) is 115 Å². The first-order valence-electron chi connectivity index (χ1n) is 14.2. The fraction of sp³-hybridized carbons (Fsp3) is 0.278. The molecular weight excluding hydrogens is 496 g/mol. The number of ether oxygens (including phenoxy) is 4. The topological polar surface area (TPSA) is 36.9 Å². The Balaban J connectivity index is 1.03. The SMILES string of the molecule is C1=CC2(CCC1)O[C@@H](COCc1ccc(-c3ccccc3)cc1)[C@H](COCc1ccc(-c3ccccc3)cc1)O2. The van der Waals surface area contributed by atoms with Crippen LogP contribution in [0.2, 0.25) is 0 Å². The highest BCUT2D eigenvalue weighted by Crippen LogP contribution is 2.37. The Morgan fingerprint density at radius 2 is 1.02 bits per heavy atom. The molecule has 4 nitrogen and oxygen atoms in total. The summed E-state index contributed by atoms with van der Waals surface area (Å²) in [6, 6.07) is 37.9. The molecule has 0 saturated carbocycles. The third-order valence-corrected chi connectivity index (χ3v) is 7.61. The Kier molecular flexibility index (Phi) is 8.50. The van der Waals surface area contributed by atoms with E-state index in [0.29, 0.717) is 26.4 Å². The molecule has 1 fully saturated rings. The lowest BCUT2D eigenvalue weighted by atomic mass is 10.0. The maximum absolute atomic E-state index is 6.47. The van der Waals surface area contributed by atoms with Crippen LogP contribution in [0.15, 0.2) is 121 Å². The van der Waals surface area contributed by atoms with E-state index in [9.17, 15) is 0 Å². The predicted molar refractivity (Wildman–Crippen MR) is 159 cm³/mol.